The second-order valence-corrected chi connectivity index (χ2v) is 5.67. The van der Waals surface area contributed by atoms with Crippen molar-refractivity contribution in [1.29, 1.82) is 0 Å². The second kappa shape index (κ2) is 5.27. The number of fused-ring (bicyclic) bond motifs is 1. The molecule has 1 saturated carbocycles. The van der Waals surface area contributed by atoms with Crippen molar-refractivity contribution in [1.82, 2.24) is 9.88 Å². The summed E-state index contributed by atoms with van der Waals surface area (Å²) in [5, 5.41) is 3.12. The molecule has 0 amide bonds. The summed E-state index contributed by atoms with van der Waals surface area (Å²) >= 11 is 0. The number of anilines is 1. The van der Waals surface area contributed by atoms with E-state index >= 15 is 0 Å². The van der Waals surface area contributed by atoms with Gasteiger partial charge in [0.2, 0.25) is 0 Å². The van der Waals surface area contributed by atoms with Gasteiger partial charge in [-0.3, -0.25) is 4.90 Å². The lowest BCUT2D eigenvalue weighted by atomic mass is 9.85. The van der Waals surface area contributed by atoms with Crippen LogP contribution in [0.1, 0.15) is 37.7 Å². The molecule has 1 aromatic rings. The molecule has 1 aliphatic carbocycles. The minimum absolute atomic E-state index is 0.852. The van der Waals surface area contributed by atoms with E-state index in [-0.39, 0.29) is 0 Å². The number of likely N-dealkylation sites (tertiary alicyclic amines) is 1. The highest BCUT2D eigenvalue weighted by molar-refractivity contribution is 5.36. The Morgan fingerprint density at radius 1 is 1.33 bits per heavy atom. The highest BCUT2D eigenvalue weighted by Crippen LogP contribution is 2.36. The summed E-state index contributed by atoms with van der Waals surface area (Å²) in [7, 11) is 1.93. The van der Waals surface area contributed by atoms with Crippen LogP contribution in [0.3, 0.4) is 0 Å². The fourth-order valence-corrected chi connectivity index (χ4v) is 3.64. The maximum absolute atomic E-state index is 4.28. The summed E-state index contributed by atoms with van der Waals surface area (Å²) in [5.74, 6) is 1.95. The molecule has 1 aliphatic heterocycles. The standard InChI is InChI=1S/C15H23N3/c1-16-15-10-12(6-8-17-15)11-18-9-7-13-4-2-3-5-14(13)18/h6,8,10,13-14H,2-5,7,9,11H2,1H3,(H,16,17). The summed E-state index contributed by atoms with van der Waals surface area (Å²) in [6.07, 6.45) is 9.07. The van der Waals surface area contributed by atoms with E-state index < -0.39 is 0 Å². The number of aromatic nitrogens is 1. The Bertz CT molecular complexity index is 404. The fraction of sp³-hybridized carbons (Fsp3) is 0.667. The van der Waals surface area contributed by atoms with Gasteiger partial charge in [0.1, 0.15) is 5.82 Å². The monoisotopic (exact) mass is 245 g/mol. The van der Waals surface area contributed by atoms with Gasteiger partial charge in [-0.15, -0.1) is 0 Å². The summed E-state index contributed by atoms with van der Waals surface area (Å²) in [6.45, 7) is 2.38. The molecule has 0 bridgehead atoms. The van der Waals surface area contributed by atoms with Gasteiger partial charge in [0.05, 0.1) is 0 Å². The summed E-state index contributed by atoms with van der Waals surface area (Å²) in [5.41, 5.74) is 1.39. The number of hydrogen-bond acceptors (Lipinski definition) is 3. The largest absolute Gasteiger partial charge is 0.373 e. The van der Waals surface area contributed by atoms with Crippen molar-refractivity contribution in [3.8, 4) is 0 Å². The molecule has 1 N–H and O–H groups in total. The van der Waals surface area contributed by atoms with E-state index in [1.807, 2.05) is 13.2 Å². The Morgan fingerprint density at radius 2 is 2.22 bits per heavy atom. The molecule has 2 aliphatic rings. The SMILES string of the molecule is CNc1cc(CN2CCC3CCCCC32)ccn1. The number of nitrogens with zero attached hydrogens (tertiary/aromatic N) is 2. The third kappa shape index (κ3) is 2.37. The van der Waals surface area contributed by atoms with Gasteiger partial charge in [-0.05, 0) is 49.4 Å². The van der Waals surface area contributed by atoms with Crippen molar-refractivity contribution in [2.24, 2.45) is 5.92 Å². The van der Waals surface area contributed by atoms with Crippen molar-refractivity contribution >= 4 is 5.82 Å². The number of nitrogens with one attached hydrogen (secondary N) is 1. The molecule has 2 unspecified atom stereocenters. The zero-order valence-corrected chi connectivity index (χ0v) is 11.2. The van der Waals surface area contributed by atoms with Crippen molar-refractivity contribution < 1.29 is 0 Å². The van der Waals surface area contributed by atoms with Crippen LogP contribution >= 0.6 is 0 Å². The van der Waals surface area contributed by atoms with Crippen LogP contribution in [0, 0.1) is 5.92 Å². The lowest BCUT2D eigenvalue weighted by Gasteiger charge is -2.31. The summed E-state index contributed by atoms with van der Waals surface area (Å²) in [6, 6.07) is 5.18. The van der Waals surface area contributed by atoms with Gasteiger partial charge in [-0.25, -0.2) is 4.98 Å². The van der Waals surface area contributed by atoms with Crippen LogP contribution in [-0.4, -0.2) is 29.5 Å². The normalized spacial score (nSPS) is 28.1. The van der Waals surface area contributed by atoms with Crippen LogP contribution in [0.25, 0.3) is 0 Å². The molecule has 2 heterocycles. The summed E-state index contributed by atoms with van der Waals surface area (Å²) in [4.78, 5) is 6.98. The quantitative estimate of drug-likeness (QED) is 0.887. The third-order valence-electron chi connectivity index (χ3n) is 4.59. The maximum atomic E-state index is 4.28. The van der Waals surface area contributed by atoms with E-state index in [9.17, 15) is 0 Å². The average molecular weight is 245 g/mol. The molecule has 1 saturated heterocycles. The first kappa shape index (κ1) is 12.0. The molecule has 3 rings (SSSR count). The topological polar surface area (TPSA) is 28.2 Å². The lowest BCUT2D eigenvalue weighted by molar-refractivity contribution is 0.176. The highest BCUT2D eigenvalue weighted by Gasteiger charge is 2.35. The second-order valence-electron chi connectivity index (χ2n) is 5.67. The van der Waals surface area contributed by atoms with E-state index in [4.69, 9.17) is 0 Å². The number of pyridine rings is 1. The van der Waals surface area contributed by atoms with Gasteiger partial charge in [0, 0.05) is 25.8 Å². The van der Waals surface area contributed by atoms with E-state index in [0.29, 0.717) is 0 Å². The molecular weight excluding hydrogens is 222 g/mol. The van der Waals surface area contributed by atoms with Gasteiger partial charge in [-0.2, -0.15) is 0 Å². The van der Waals surface area contributed by atoms with Crippen LogP contribution in [0.15, 0.2) is 18.3 Å². The molecule has 3 nitrogen and oxygen atoms in total. The molecule has 0 spiro atoms. The van der Waals surface area contributed by atoms with Crippen LogP contribution in [0.5, 0.6) is 0 Å². The zero-order chi connectivity index (χ0) is 12.4. The van der Waals surface area contributed by atoms with Crippen molar-refractivity contribution in [2.75, 3.05) is 18.9 Å². The van der Waals surface area contributed by atoms with Crippen molar-refractivity contribution in [3.63, 3.8) is 0 Å². The van der Waals surface area contributed by atoms with E-state index in [1.54, 1.807) is 0 Å². The first-order valence-electron chi connectivity index (χ1n) is 7.23. The molecule has 98 valence electrons. The highest BCUT2D eigenvalue weighted by atomic mass is 15.2. The molecule has 0 radical (unpaired) electrons. The number of rotatable bonds is 3. The van der Waals surface area contributed by atoms with E-state index in [2.05, 4.69) is 27.3 Å². The Labute approximate surface area is 110 Å². The predicted molar refractivity (Wildman–Crippen MR) is 74.6 cm³/mol. The van der Waals surface area contributed by atoms with E-state index in [0.717, 1.165) is 24.3 Å². The number of hydrogen-bond donors (Lipinski definition) is 1. The Hall–Kier alpha value is -1.09. The third-order valence-corrected chi connectivity index (χ3v) is 4.59. The van der Waals surface area contributed by atoms with Crippen LogP contribution in [-0.2, 0) is 6.54 Å². The fourth-order valence-electron chi connectivity index (χ4n) is 3.64. The molecule has 1 aromatic heterocycles. The molecule has 2 fully saturated rings. The van der Waals surface area contributed by atoms with Crippen LogP contribution in [0.4, 0.5) is 5.82 Å². The molecule has 2 atom stereocenters. The van der Waals surface area contributed by atoms with Gasteiger partial charge in [0.15, 0.2) is 0 Å². The van der Waals surface area contributed by atoms with Gasteiger partial charge in [-0.1, -0.05) is 12.8 Å². The first-order valence-corrected chi connectivity index (χ1v) is 7.23. The first-order chi connectivity index (χ1) is 8.86. The van der Waals surface area contributed by atoms with Crippen LogP contribution in [0.2, 0.25) is 0 Å². The smallest absolute Gasteiger partial charge is 0.125 e. The maximum Gasteiger partial charge on any atom is 0.125 e. The molecule has 0 aromatic carbocycles. The Kier molecular flexibility index (Phi) is 3.50. The van der Waals surface area contributed by atoms with E-state index in [1.165, 1.54) is 44.2 Å². The summed E-state index contributed by atoms with van der Waals surface area (Å²) < 4.78 is 0. The van der Waals surface area contributed by atoms with Gasteiger partial charge in [0.25, 0.3) is 0 Å². The average Bonchev–Trinajstić information content (AvgIpc) is 2.83. The van der Waals surface area contributed by atoms with Gasteiger partial charge < -0.3 is 5.32 Å². The molecular formula is C15H23N3. The van der Waals surface area contributed by atoms with Crippen molar-refractivity contribution in [2.45, 2.75) is 44.7 Å². The van der Waals surface area contributed by atoms with Gasteiger partial charge >= 0.3 is 0 Å². The minimum Gasteiger partial charge on any atom is -0.373 e. The molecule has 18 heavy (non-hydrogen) atoms. The lowest BCUT2D eigenvalue weighted by Crippen LogP contribution is -2.34. The molecule has 3 heteroatoms. The zero-order valence-electron chi connectivity index (χ0n) is 11.2. The Morgan fingerprint density at radius 3 is 3.11 bits per heavy atom. The van der Waals surface area contributed by atoms with Crippen molar-refractivity contribution in [3.05, 3.63) is 23.9 Å². The minimum atomic E-state index is 0.852. The predicted octanol–water partition coefficient (Wildman–Crippen LogP) is 2.89. The van der Waals surface area contributed by atoms with Crippen LogP contribution < -0.4 is 5.32 Å². The Balaban J connectivity index is 1.68.